The van der Waals surface area contributed by atoms with Gasteiger partial charge in [-0.05, 0) is 35.6 Å². The summed E-state index contributed by atoms with van der Waals surface area (Å²) in [5.41, 5.74) is 4.44. The Kier molecular flexibility index (Phi) is 4.40. The third-order valence-electron chi connectivity index (χ3n) is 4.17. The van der Waals surface area contributed by atoms with Gasteiger partial charge in [0.2, 0.25) is 5.28 Å². The average Bonchev–Trinajstić information content (AvgIpc) is 2.69. The Hall–Kier alpha value is -2.78. The van der Waals surface area contributed by atoms with Crippen LogP contribution in [-0.4, -0.2) is 15.0 Å². The van der Waals surface area contributed by atoms with E-state index in [0.717, 1.165) is 24.0 Å². The summed E-state index contributed by atoms with van der Waals surface area (Å²) >= 11 is 6.12. The lowest BCUT2D eigenvalue weighted by atomic mass is 9.96. The zero-order valence-electron chi connectivity index (χ0n) is 13.6. The van der Waals surface area contributed by atoms with Crippen LogP contribution in [0.3, 0.4) is 0 Å². The Morgan fingerprint density at radius 1 is 0.720 bits per heavy atom. The van der Waals surface area contributed by atoms with Gasteiger partial charge in [-0.2, -0.15) is 9.97 Å². The van der Waals surface area contributed by atoms with E-state index < -0.39 is 0 Å². The predicted molar refractivity (Wildman–Crippen MR) is 102 cm³/mol. The van der Waals surface area contributed by atoms with E-state index in [-0.39, 0.29) is 5.28 Å². The zero-order chi connectivity index (χ0) is 17.1. The first-order chi connectivity index (χ1) is 12.3. The van der Waals surface area contributed by atoms with E-state index in [4.69, 9.17) is 11.6 Å². The van der Waals surface area contributed by atoms with Crippen molar-refractivity contribution in [2.24, 2.45) is 0 Å². The van der Waals surface area contributed by atoms with Crippen molar-refractivity contribution in [1.29, 1.82) is 0 Å². The van der Waals surface area contributed by atoms with Gasteiger partial charge in [0.15, 0.2) is 11.6 Å². The number of nitrogens with zero attached hydrogens (tertiary/aromatic N) is 3. The molecule has 122 valence electrons. The highest BCUT2D eigenvalue weighted by atomic mass is 35.5. The summed E-state index contributed by atoms with van der Waals surface area (Å²) in [5, 5.41) is 0.202. The van der Waals surface area contributed by atoms with Crippen LogP contribution in [0, 0.1) is 0 Å². The number of benzene rings is 2. The van der Waals surface area contributed by atoms with Gasteiger partial charge in [0.05, 0.1) is 0 Å². The quantitative estimate of drug-likeness (QED) is 0.620. The van der Waals surface area contributed by atoms with E-state index >= 15 is 0 Å². The summed E-state index contributed by atoms with van der Waals surface area (Å²) in [7, 11) is 0. The summed E-state index contributed by atoms with van der Waals surface area (Å²) in [5.74, 6) is 1.17. The van der Waals surface area contributed by atoms with E-state index in [2.05, 4.69) is 45.3 Å². The molecular formula is C21H16ClN3. The van der Waals surface area contributed by atoms with Crippen LogP contribution >= 0.6 is 11.6 Å². The molecule has 0 amide bonds. The monoisotopic (exact) mass is 345 g/mol. The van der Waals surface area contributed by atoms with Gasteiger partial charge in [-0.3, -0.25) is 0 Å². The Bertz CT molecular complexity index is 945. The molecule has 0 spiro atoms. The molecule has 4 heteroatoms. The van der Waals surface area contributed by atoms with Gasteiger partial charge in [0, 0.05) is 11.1 Å². The fraction of sp³-hybridized carbons (Fsp3) is 0.0952. The molecule has 0 atom stereocenters. The number of allylic oxidation sites excluding steroid dienone is 4. The van der Waals surface area contributed by atoms with Gasteiger partial charge in [0.25, 0.3) is 0 Å². The normalized spacial score (nSPS) is 13.6. The minimum absolute atomic E-state index is 0.202. The smallest absolute Gasteiger partial charge is 0.208 e. The second kappa shape index (κ2) is 6.99. The maximum atomic E-state index is 6.12. The van der Waals surface area contributed by atoms with Crippen molar-refractivity contribution in [3.8, 4) is 22.8 Å². The molecule has 0 N–H and O–H groups in total. The lowest BCUT2D eigenvalue weighted by Gasteiger charge is -2.10. The van der Waals surface area contributed by atoms with Crippen LogP contribution in [0.1, 0.15) is 18.4 Å². The first-order valence-corrected chi connectivity index (χ1v) is 8.61. The van der Waals surface area contributed by atoms with Crippen LogP contribution in [0.2, 0.25) is 5.28 Å². The van der Waals surface area contributed by atoms with Crippen molar-refractivity contribution in [3.05, 3.63) is 83.7 Å². The van der Waals surface area contributed by atoms with Crippen molar-refractivity contribution < 1.29 is 0 Å². The number of rotatable bonds is 3. The molecule has 0 saturated heterocycles. The molecule has 0 aliphatic heterocycles. The Morgan fingerprint density at radius 2 is 1.36 bits per heavy atom. The van der Waals surface area contributed by atoms with E-state index in [0.29, 0.717) is 11.6 Å². The second-order valence-electron chi connectivity index (χ2n) is 5.85. The van der Waals surface area contributed by atoms with Crippen molar-refractivity contribution in [2.75, 3.05) is 0 Å². The summed E-state index contributed by atoms with van der Waals surface area (Å²) in [6.07, 6.45) is 8.65. The molecule has 0 unspecified atom stereocenters. The highest BCUT2D eigenvalue weighted by Crippen LogP contribution is 2.26. The van der Waals surface area contributed by atoms with Crippen molar-refractivity contribution in [1.82, 2.24) is 15.0 Å². The van der Waals surface area contributed by atoms with Gasteiger partial charge in [-0.25, -0.2) is 4.98 Å². The van der Waals surface area contributed by atoms with E-state index in [9.17, 15) is 0 Å². The number of hydrogen-bond acceptors (Lipinski definition) is 3. The van der Waals surface area contributed by atoms with Gasteiger partial charge in [0.1, 0.15) is 0 Å². The average molecular weight is 346 g/mol. The summed E-state index contributed by atoms with van der Waals surface area (Å²) in [6, 6.07) is 18.1. The lowest BCUT2D eigenvalue weighted by Crippen LogP contribution is -1.97. The highest BCUT2D eigenvalue weighted by Gasteiger charge is 2.10. The minimum Gasteiger partial charge on any atom is -0.208 e. The molecule has 4 rings (SSSR count). The van der Waals surface area contributed by atoms with Gasteiger partial charge >= 0.3 is 0 Å². The van der Waals surface area contributed by atoms with Crippen LogP contribution in [-0.2, 0) is 0 Å². The predicted octanol–water partition coefficient (Wildman–Crippen LogP) is 5.59. The highest BCUT2D eigenvalue weighted by molar-refractivity contribution is 6.28. The van der Waals surface area contributed by atoms with Gasteiger partial charge < -0.3 is 0 Å². The number of halogens is 1. The zero-order valence-corrected chi connectivity index (χ0v) is 14.3. The summed E-state index contributed by atoms with van der Waals surface area (Å²) in [6.45, 7) is 0. The molecule has 1 aliphatic carbocycles. The largest absolute Gasteiger partial charge is 0.226 e. The number of hydrogen-bond donors (Lipinski definition) is 0. The second-order valence-corrected chi connectivity index (χ2v) is 6.19. The molecule has 0 radical (unpaired) electrons. The maximum Gasteiger partial charge on any atom is 0.226 e. The molecular weight excluding hydrogens is 330 g/mol. The molecule has 1 aromatic heterocycles. The van der Waals surface area contributed by atoms with Crippen molar-refractivity contribution in [3.63, 3.8) is 0 Å². The summed E-state index contributed by atoms with van der Waals surface area (Å²) < 4.78 is 0. The minimum atomic E-state index is 0.202. The fourth-order valence-electron chi connectivity index (χ4n) is 2.87. The molecule has 0 saturated carbocycles. The Balaban J connectivity index is 1.69. The summed E-state index contributed by atoms with van der Waals surface area (Å²) in [4.78, 5) is 13.1. The maximum absolute atomic E-state index is 6.12. The standard InChI is InChI=1S/C21H16ClN3/c22-21-24-19(17-9-5-2-6-10-17)23-20(25-21)18-13-11-16(12-14-18)15-7-3-1-4-8-15/h1-3,5-7,9-14H,4,8H2. The van der Waals surface area contributed by atoms with Crippen LogP contribution in [0.5, 0.6) is 0 Å². The number of aromatic nitrogens is 3. The molecule has 3 nitrogen and oxygen atoms in total. The van der Waals surface area contributed by atoms with E-state index in [1.165, 1.54) is 11.1 Å². The van der Waals surface area contributed by atoms with E-state index in [1.807, 2.05) is 42.5 Å². The Labute approximate surface area is 151 Å². The topological polar surface area (TPSA) is 38.7 Å². The third-order valence-corrected chi connectivity index (χ3v) is 4.34. The van der Waals surface area contributed by atoms with E-state index in [1.54, 1.807) is 0 Å². The van der Waals surface area contributed by atoms with Crippen LogP contribution in [0.25, 0.3) is 28.3 Å². The van der Waals surface area contributed by atoms with Crippen LogP contribution in [0.4, 0.5) is 0 Å². The lowest BCUT2D eigenvalue weighted by molar-refractivity contribution is 1.05. The van der Waals surface area contributed by atoms with Crippen LogP contribution in [0.15, 0.2) is 72.8 Å². The van der Waals surface area contributed by atoms with Crippen molar-refractivity contribution >= 4 is 17.2 Å². The first kappa shape index (κ1) is 15.7. The molecule has 2 aromatic carbocycles. The molecule has 25 heavy (non-hydrogen) atoms. The molecule has 0 fully saturated rings. The third kappa shape index (κ3) is 3.52. The Morgan fingerprint density at radius 3 is 2.00 bits per heavy atom. The molecule has 0 bridgehead atoms. The SMILES string of the molecule is Clc1nc(-c2ccccc2)nc(-c2ccc(C3=CC=CCC3)cc2)n1. The molecule has 3 aromatic rings. The van der Waals surface area contributed by atoms with Gasteiger partial charge in [-0.1, -0.05) is 72.8 Å². The van der Waals surface area contributed by atoms with Crippen molar-refractivity contribution in [2.45, 2.75) is 12.8 Å². The molecule has 1 aliphatic rings. The fourth-order valence-corrected chi connectivity index (χ4v) is 3.03. The molecule has 1 heterocycles. The van der Waals surface area contributed by atoms with Crippen LogP contribution < -0.4 is 0 Å². The first-order valence-electron chi connectivity index (χ1n) is 8.23. The van der Waals surface area contributed by atoms with Gasteiger partial charge in [-0.15, -0.1) is 0 Å².